The summed E-state index contributed by atoms with van der Waals surface area (Å²) in [4.78, 5) is 8.97. The van der Waals surface area contributed by atoms with Crippen molar-refractivity contribution in [2.24, 2.45) is 12.0 Å². The van der Waals surface area contributed by atoms with Crippen molar-refractivity contribution in [2.45, 2.75) is 13.1 Å². The molecule has 27 heavy (non-hydrogen) atoms. The van der Waals surface area contributed by atoms with Crippen molar-refractivity contribution >= 4 is 17.0 Å². The van der Waals surface area contributed by atoms with E-state index >= 15 is 0 Å². The Morgan fingerprint density at radius 2 is 1.89 bits per heavy atom. The molecule has 2 aromatic carbocycles. The third-order valence-corrected chi connectivity index (χ3v) is 4.29. The van der Waals surface area contributed by atoms with Crippen LogP contribution in [0.25, 0.3) is 11.0 Å². The number of nitrogens with one attached hydrogen (secondary N) is 2. The number of aliphatic imine (C=N–C) groups is 1. The Morgan fingerprint density at radius 3 is 2.67 bits per heavy atom. The van der Waals surface area contributed by atoms with Crippen LogP contribution >= 0.6 is 0 Å². The van der Waals surface area contributed by atoms with Crippen LogP contribution in [-0.2, 0) is 20.1 Å². The van der Waals surface area contributed by atoms with Gasteiger partial charge in [0.05, 0.1) is 17.6 Å². The van der Waals surface area contributed by atoms with Crippen LogP contribution in [-0.4, -0.2) is 29.2 Å². The number of nitrogens with zero attached hydrogens (tertiary/aromatic N) is 3. The number of hydrogen-bond acceptors (Lipinski definition) is 3. The predicted octanol–water partition coefficient (Wildman–Crippen LogP) is 3.00. The molecule has 0 unspecified atom stereocenters. The van der Waals surface area contributed by atoms with Crippen molar-refractivity contribution in [3.63, 3.8) is 0 Å². The Balaban J connectivity index is 1.61. The van der Waals surface area contributed by atoms with Gasteiger partial charge >= 0.3 is 0 Å². The molecule has 6 heteroatoms. The molecule has 0 atom stereocenters. The molecule has 3 aromatic rings. The molecule has 0 bridgehead atoms. The number of para-hydroxylation sites is 3. The molecule has 0 aliphatic carbocycles. The number of ether oxygens (including phenoxy) is 1. The monoisotopic (exact) mass is 363 g/mol. The second-order valence-electron chi connectivity index (χ2n) is 6.06. The summed E-state index contributed by atoms with van der Waals surface area (Å²) in [6.07, 6.45) is 1.74. The lowest BCUT2D eigenvalue weighted by atomic mass is 10.2. The van der Waals surface area contributed by atoms with Crippen LogP contribution in [0.15, 0.2) is 66.2 Å². The van der Waals surface area contributed by atoms with Crippen LogP contribution < -0.4 is 15.4 Å². The molecule has 0 saturated carbocycles. The highest BCUT2D eigenvalue weighted by Crippen LogP contribution is 2.17. The molecule has 0 radical (unpaired) electrons. The van der Waals surface area contributed by atoms with E-state index < -0.39 is 0 Å². The van der Waals surface area contributed by atoms with Gasteiger partial charge in [0, 0.05) is 26.2 Å². The van der Waals surface area contributed by atoms with Crippen LogP contribution in [0.3, 0.4) is 0 Å². The minimum atomic E-state index is 0.483. The highest BCUT2D eigenvalue weighted by molar-refractivity contribution is 5.80. The lowest BCUT2D eigenvalue weighted by Crippen LogP contribution is -2.37. The van der Waals surface area contributed by atoms with Gasteiger partial charge in [-0.25, -0.2) is 4.98 Å². The average molecular weight is 363 g/mol. The van der Waals surface area contributed by atoms with Crippen LogP contribution in [0.5, 0.6) is 5.75 Å². The maximum atomic E-state index is 5.70. The fourth-order valence-electron chi connectivity index (χ4n) is 2.86. The van der Waals surface area contributed by atoms with Gasteiger partial charge in [-0.05, 0) is 18.2 Å². The minimum absolute atomic E-state index is 0.483. The van der Waals surface area contributed by atoms with E-state index in [0.29, 0.717) is 25.7 Å². The first-order valence-corrected chi connectivity index (χ1v) is 8.89. The molecule has 2 N–H and O–H groups in total. The predicted molar refractivity (Wildman–Crippen MR) is 110 cm³/mol. The molecule has 0 aliphatic rings. The van der Waals surface area contributed by atoms with Crippen molar-refractivity contribution in [1.82, 2.24) is 20.2 Å². The molecule has 0 aliphatic heterocycles. The molecule has 0 amide bonds. The van der Waals surface area contributed by atoms with Crippen molar-refractivity contribution < 1.29 is 4.74 Å². The summed E-state index contributed by atoms with van der Waals surface area (Å²) in [7, 11) is 3.78. The summed E-state index contributed by atoms with van der Waals surface area (Å²) in [5, 5.41) is 6.64. The summed E-state index contributed by atoms with van der Waals surface area (Å²) in [5.74, 6) is 2.50. The number of hydrogen-bond donors (Lipinski definition) is 2. The standard InChI is InChI=1S/C21H25N5O/c1-4-13-27-19-12-8-5-9-16(19)14-23-21(22-2)24-15-20-25-17-10-6-7-11-18(17)26(20)3/h4-12H,1,13-15H2,2-3H3,(H2,22,23,24). The molecule has 1 aromatic heterocycles. The van der Waals surface area contributed by atoms with E-state index in [1.807, 2.05) is 49.5 Å². The number of benzene rings is 2. The van der Waals surface area contributed by atoms with Gasteiger partial charge in [0.1, 0.15) is 18.2 Å². The lowest BCUT2D eigenvalue weighted by molar-refractivity contribution is 0.358. The van der Waals surface area contributed by atoms with E-state index in [4.69, 9.17) is 4.74 Å². The molecular weight excluding hydrogens is 338 g/mol. The molecular formula is C21H25N5O. The number of rotatable bonds is 7. The van der Waals surface area contributed by atoms with Crippen LogP contribution in [0.4, 0.5) is 0 Å². The highest BCUT2D eigenvalue weighted by Gasteiger charge is 2.08. The smallest absolute Gasteiger partial charge is 0.191 e. The van der Waals surface area contributed by atoms with Gasteiger partial charge in [0.25, 0.3) is 0 Å². The molecule has 140 valence electrons. The minimum Gasteiger partial charge on any atom is -0.489 e. The van der Waals surface area contributed by atoms with Gasteiger partial charge < -0.3 is 19.9 Å². The van der Waals surface area contributed by atoms with Crippen molar-refractivity contribution in [3.8, 4) is 5.75 Å². The summed E-state index contributed by atoms with van der Waals surface area (Å²) >= 11 is 0. The Kier molecular flexibility index (Phi) is 6.10. The van der Waals surface area contributed by atoms with Crippen LogP contribution in [0.1, 0.15) is 11.4 Å². The number of fused-ring (bicyclic) bond motifs is 1. The van der Waals surface area contributed by atoms with Gasteiger partial charge in [-0.2, -0.15) is 0 Å². The van der Waals surface area contributed by atoms with E-state index in [1.54, 1.807) is 13.1 Å². The molecule has 3 rings (SSSR count). The van der Waals surface area contributed by atoms with Crippen molar-refractivity contribution in [2.75, 3.05) is 13.7 Å². The maximum absolute atomic E-state index is 5.70. The first-order valence-electron chi connectivity index (χ1n) is 8.89. The molecule has 6 nitrogen and oxygen atoms in total. The second-order valence-corrected chi connectivity index (χ2v) is 6.06. The highest BCUT2D eigenvalue weighted by atomic mass is 16.5. The van der Waals surface area contributed by atoms with Gasteiger partial charge in [-0.3, -0.25) is 4.99 Å². The second kappa shape index (κ2) is 8.89. The van der Waals surface area contributed by atoms with Gasteiger partial charge in [-0.15, -0.1) is 0 Å². The summed E-state index contributed by atoms with van der Waals surface area (Å²) in [5.41, 5.74) is 3.17. The summed E-state index contributed by atoms with van der Waals surface area (Å²) in [6.45, 7) is 5.36. The Bertz CT molecular complexity index is 945. The quantitative estimate of drug-likeness (QED) is 0.385. The number of aromatic nitrogens is 2. The zero-order valence-corrected chi connectivity index (χ0v) is 15.8. The van der Waals surface area contributed by atoms with Crippen molar-refractivity contribution in [1.29, 1.82) is 0 Å². The number of imidazole rings is 1. The zero-order valence-electron chi connectivity index (χ0n) is 15.8. The van der Waals surface area contributed by atoms with Gasteiger partial charge in [0.15, 0.2) is 5.96 Å². The number of aryl methyl sites for hydroxylation is 1. The van der Waals surface area contributed by atoms with Gasteiger partial charge in [-0.1, -0.05) is 43.0 Å². The average Bonchev–Trinajstić information content (AvgIpc) is 3.03. The maximum Gasteiger partial charge on any atom is 0.191 e. The van der Waals surface area contributed by atoms with E-state index in [9.17, 15) is 0 Å². The topological polar surface area (TPSA) is 63.5 Å². The third-order valence-electron chi connectivity index (χ3n) is 4.29. The number of guanidine groups is 1. The fraction of sp³-hybridized carbons (Fsp3) is 0.238. The first-order chi connectivity index (χ1) is 13.2. The van der Waals surface area contributed by atoms with E-state index in [2.05, 4.69) is 37.8 Å². The zero-order chi connectivity index (χ0) is 19.1. The SMILES string of the molecule is C=CCOc1ccccc1CNC(=NC)NCc1nc2ccccc2n1C. The fourth-order valence-corrected chi connectivity index (χ4v) is 2.86. The molecule has 0 spiro atoms. The van der Waals surface area contributed by atoms with Crippen LogP contribution in [0, 0.1) is 0 Å². The Hall–Kier alpha value is -3.28. The van der Waals surface area contributed by atoms with E-state index in [0.717, 1.165) is 28.2 Å². The van der Waals surface area contributed by atoms with Gasteiger partial charge in [0.2, 0.25) is 0 Å². The summed E-state index contributed by atoms with van der Waals surface area (Å²) < 4.78 is 7.79. The Morgan fingerprint density at radius 1 is 1.15 bits per heavy atom. The summed E-state index contributed by atoms with van der Waals surface area (Å²) in [6, 6.07) is 16.0. The largest absolute Gasteiger partial charge is 0.489 e. The van der Waals surface area contributed by atoms with Crippen molar-refractivity contribution in [3.05, 3.63) is 72.6 Å². The third kappa shape index (κ3) is 4.47. The Labute approximate surface area is 159 Å². The molecule has 1 heterocycles. The van der Waals surface area contributed by atoms with E-state index in [1.165, 1.54) is 0 Å². The normalized spacial score (nSPS) is 11.4. The molecule has 0 saturated heterocycles. The first kappa shape index (κ1) is 18.5. The lowest BCUT2D eigenvalue weighted by Gasteiger charge is -2.14. The van der Waals surface area contributed by atoms with Crippen LogP contribution in [0.2, 0.25) is 0 Å². The molecule has 0 fully saturated rings. The van der Waals surface area contributed by atoms with E-state index in [-0.39, 0.29) is 0 Å².